The quantitative estimate of drug-likeness (QED) is 0.715. The molecule has 26 heavy (non-hydrogen) atoms. The number of amides is 4. The summed E-state index contributed by atoms with van der Waals surface area (Å²) in [6.45, 7) is 0.255. The van der Waals surface area contributed by atoms with E-state index < -0.39 is 0 Å². The van der Waals surface area contributed by atoms with Gasteiger partial charge in [-0.2, -0.15) is 0 Å². The maximum atomic E-state index is 12.6. The third-order valence-electron chi connectivity index (χ3n) is 5.65. The van der Waals surface area contributed by atoms with Gasteiger partial charge in [0, 0.05) is 11.7 Å². The molecule has 2 saturated heterocycles. The molecular weight excluding hydrogens is 332 g/mol. The van der Waals surface area contributed by atoms with Crippen molar-refractivity contribution >= 4 is 23.5 Å². The summed E-state index contributed by atoms with van der Waals surface area (Å²) in [5, 5.41) is 8.96. The molecule has 4 rings (SSSR count). The zero-order valence-corrected chi connectivity index (χ0v) is 14.7. The highest BCUT2D eigenvalue weighted by Crippen LogP contribution is 2.33. The Bertz CT molecular complexity index is 705. The van der Waals surface area contributed by atoms with Crippen molar-refractivity contribution in [2.24, 2.45) is 5.92 Å². The number of nitrogens with zero attached hydrogens (tertiary/aromatic N) is 1. The molecule has 1 aromatic rings. The Balaban J connectivity index is 1.38. The first-order valence-electron chi connectivity index (χ1n) is 9.34. The van der Waals surface area contributed by atoms with Crippen LogP contribution in [0.1, 0.15) is 37.7 Å². The Morgan fingerprint density at radius 3 is 2.85 bits per heavy atom. The van der Waals surface area contributed by atoms with Crippen molar-refractivity contribution in [2.45, 2.75) is 50.7 Å². The Labute approximate surface area is 152 Å². The molecule has 1 aliphatic carbocycles. The van der Waals surface area contributed by atoms with E-state index in [0.29, 0.717) is 17.6 Å². The SMILES string of the molecule is O=C(Nc1cccc(CN2C(=O)CNC2=O)c1)C1CC2CCCCC2N1. The third-order valence-corrected chi connectivity index (χ3v) is 5.65. The average Bonchev–Trinajstić information content (AvgIpc) is 3.21. The van der Waals surface area contributed by atoms with E-state index in [1.54, 1.807) is 0 Å². The molecule has 138 valence electrons. The number of carbonyl (C=O) groups is 3. The zero-order valence-electron chi connectivity index (χ0n) is 14.7. The number of hydrogen-bond acceptors (Lipinski definition) is 4. The van der Waals surface area contributed by atoms with Crippen LogP contribution in [0.25, 0.3) is 0 Å². The largest absolute Gasteiger partial charge is 0.329 e. The molecule has 3 aliphatic rings. The van der Waals surface area contributed by atoms with Gasteiger partial charge in [-0.25, -0.2) is 4.79 Å². The standard InChI is InChI=1S/C19H24N4O3/c24-17-10-20-19(26)23(17)11-12-4-3-6-14(8-12)21-18(25)16-9-13-5-1-2-7-15(13)22-16/h3-4,6,8,13,15-16,22H,1-2,5,7,9-11H2,(H,20,26)(H,21,25). The van der Waals surface area contributed by atoms with Crippen LogP contribution in [-0.4, -0.2) is 41.4 Å². The van der Waals surface area contributed by atoms with Crippen molar-refractivity contribution in [1.82, 2.24) is 15.5 Å². The number of rotatable bonds is 4. The third kappa shape index (κ3) is 3.44. The fraction of sp³-hybridized carbons (Fsp3) is 0.526. The summed E-state index contributed by atoms with van der Waals surface area (Å²) >= 11 is 0. The predicted molar refractivity (Wildman–Crippen MR) is 96.3 cm³/mol. The van der Waals surface area contributed by atoms with Gasteiger partial charge in [-0.1, -0.05) is 25.0 Å². The summed E-state index contributed by atoms with van der Waals surface area (Å²) < 4.78 is 0. The fourth-order valence-electron chi connectivity index (χ4n) is 4.30. The van der Waals surface area contributed by atoms with E-state index in [1.165, 1.54) is 24.2 Å². The number of carbonyl (C=O) groups excluding carboxylic acids is 3. The predicted octanol–water partition coefficient (Wildman–Crippen LogP) is 1.60. The van der Waals surface area contributed by atoms with Crippen molar-refractivity contribution in [2.75, 3.05) is 11.9 Å². The molecule has 3 fully saturated rings. The van der Waals surface area contributed by atoms with Gasteiger partial charge in [-0.15, -0.1) is 0 Å². The molecular formula is C19H24N4O3. The molecule has 4 amide bonds. The second-order valence-corrected chi connectivity index (χ2v) is 7.43. The molecule has 1 aromatic carbocycles. The van der Waals surface area contributed by atoms with E-state index in [4.69, 9.17) is 0 Å². The molecule has 7 heteroatoms. The number of urea groups is 1. The normalized spacial score (nSPS) is 28.0. The van der Waals surface area contributed by atoms with Crippen molar-refractivity contribution in [1.29, 1.82) is 0 Å². The van der Waals surface area contributed by atoms with Crippen LogP contribution in [-0.2, 0) is 16.1 Å². The van der Waals surface area contributed by atoms with Crippen LogP contribution in [0.3, 0.4) is 0 Å². The minimum Gasteiger partial charge on any atom is -0.329 e. The van der Waals surface area contributed by atoms with Gasteiger partial charge in [0.1, 0.15) is 0 Å². The topological polar surface area (TPSA) is 90.5 Å². The van der Waals surface area contributed by atoms with Gasteiger partial charge >= 0.3 is 6.03 Å². The second-order valence-electron chi connectivity index (χ2n) is 7.43. The summed E-state index contributed by atoms with van der Waals surface area (Å²) in [5.74, 6) is 0.374. The lowest BCUT2D eigenvalue weighted by Gasteiger charge is -2.24. The highest BCUT2D eigenvalue weighted by Gasteiger charge is 2.38. The monoisotopic (exact) mass is 356 g/mol. The van der Waals surface area contributed by atoms with Gasteiger partial charge in [-0.3, -0.25) is 14.5 Å². The molecule has 2 heterocycles. The van der Waals surface area contributed by atoms with Crippen molar-refractivity contribution < 1.29 is 14.4 Å². The van der Waals surface area contributed by atoms with Crippen LogP contribution in [0.5, 0.6) is 0 Å². The maximum absolute atomic E-state index is 12.6. The number of hydrogen-bond donors (Lipinski definition) is 3. The van der Waals surface area contributed by atoms with Gasteiger partial charge < -0.3 is 16.0 Å². The Morgan fingerprint density at radius 1 is 1.23 bits per heavy atom. The molecule has 3 unspecified atom stereocenters. The van der Waals surface area contributed by atoms with Crippen molar-refractivity contribution in [3.63, 3.8) is 0 Å². The van der Waals surface area contributed by atoms with E-state index in [1.807, 2.05) is 24.3 Å². The molecule has 0 spiro atoms. The Morgan fingerprint density at radius 2 is 2.08 bits per heavy atom. The molecule has 0 bridgehead atoms. The first-order valence-corrected chi connectivity index (χ1v) is 9.34. The van der Waals surface area contributed by atoms with Gasteiger partial charge in [0.25, 0.3) is 0 Å². The summed E-state index contributed by atoms with van der Waals surface area (Å²) in [5.41, 5.74) is 1.50. The number of benzene rings is 1. The molecule has 1 saturated carbocycles. The molecule has 0 radical (unpaired) electrons. The minimum atomic E-state index is -0.373. The van der Waals surface area contributed by atoms with E-state index in [0.717, 1.165) is 18.4 Å². The molecule has 2 aliphatic heterocycles. The van der Waals surface area contributed by atoms with Crippen LogP contribution in [0.4, 0.5) is 10.5 Å². The van der Waals surface area contributed by atoms with Gasteiger partial charge in [0.05, 0.1) is 19.1 Å². The summed E-state index contributed by atoms with van der Waals surface area (Å²) in [7, 11) is 0. The van der Waals surface area contributed by atoms with Crippen molar-refractivity contribution in [3.05, 3.63) is 29.8 Å². The highest BCUT2D eigenvalue weighted by molar-refractivity contribution is 6.01. The van der Waals surface area contributed by atoms with Crippen LogP contribution in [0.15, 0.2) is 24.3 Å². The van der Waals surface area contributed by atoms with Gasteiger partial charge in [-0.05, 0) is 42.9 Å². The second kappa shape index (κ2) is 7.07. The summed E-state index contributed by atoms with van der Waals surface area (Å²) in [6.07, 6.45) is 5.78. The number of nitrogens with one attached hydrogen (secondary N) is 3. The van der Waals surface area contributed by atoms with Gasteiger partial charge in [0.2, 0.25) is 11.8 Å². The van der Waals surface area contributed by atoms with Crippen LogP contribution in [0, 0.1) is 5.92 Å². The average molecular weight is 356 g/mol. The summed E-state index contributed by atoms with van der Waals surface area (Å²) in [4.78, 5) is 37.2. The highest BCUT2D eigenvalue weighted by atomic mass is 16.2. The van der Waals surface area contributed by atoms with Crippen molar-refractivity contribution in [3.8, 4) is 0 Å². The lowest BCUT2D eigenvalue weighted by atomic mass is 9.85. The lowest BCUT2D eigenvalue weighted by molar-refractivity contribution is -0.125. The number of fused-ring (bicyclic) bond motifs is 1. The zero-order chi connectivity index (χ0) is 18.1. The summed E-state index contributed by atoms with van der Waals surface area (Å²) in [6, 6.07) is 7.28. The smallest absolute Gasteiger partial charge is 0.324 e. The van der Waals surface area contributed by atoms with Crippen LogP contribution >= 0.6 is 0 Å². The maximum Gasteiger partial charge on any atom is 0.324 e. The molecule has 3 N–H and O–H groups in total. The fourth-order valence-corrected chi connectivity index (χ4v) is 4.30. The number of anilines is 1. The Hall–Kier alpha value is -2.41. The van der Waals surface area contributed by atoms with E-state index >= 15 is 0 Å². The Kier molecular flexibility index (Phi) is 4.63. The molecule has 3 atom stereocenters. The van der Waals surface area contributed by atoms with E-state index in [9.17, 15) is 14.4 Å². The van der Waals surface area contributed by atoms with Crippen LogP contribution < -0.4 is 16.0 Å². The van der Waals surface area contributed by atoms with Gasteiger partial charge in [0.15, 0.2) is 0 Å². The van der Waals surface area contributed by atoms with Crippen LogP contribution in [0.2, 0.25) is 0 Å². The van der Waals surface area contributed by atoms with E-state index in [2.05, 4.69) is 16.0 Å². The molecule has 7 nitrogen and oxygen atoms in total. The minimum absolute atomic E-state index is 0.00783. The lowest BCUT2D eigenvalue weighted by Crippen LogP contribution is -2.39. The molecule has 0 aromatic heterocycles. The first kappa shape index (κ1) is 17.0. The first-order chi connectivity index (χ1) is 12.6. The van der Waals surface area contributed by atoms with E-state index in [-0.39, 0.29) is 37.0 Å². The number of imide groups is 1.